The molecule has 1 N–H and O–H groups in total. The molecule has 0 fully saturated rings. The molecule has 0 spiro atoms. The Bertz CT molecular complexity index is 369. The normalized spacial score (nSPS) is 13.8. The predicted molar refractivity (Wildman–Crippen MR) is 80.3 cm³/mol. The Morgan fingerprint density at radius 1 is 1.33 bits per heavy atom. The molecule has 1 aromatic carbocycles. The van der Waals surface area contributed by atoms with Gasteiger partial charge in [-0.2, -0.15) is 11.8 Å². The van der Waals surface area contributed by atoms with E-state index in [9.17, 15) is 4.79 Å². The van der Waals surface area contributed by atoms with Crippen molar-refractivity contribution in [1.29, 1.82) is 0 Å². The zero-order valence-electron chi connectivity index (χ0n) is 11.5. The first-order chi connectivity index (χ1) is 8.56. The number of likely N-dealkylation sites (N-methyl/N-ethyl adjacent to an activating group) is 1. The van der Waals surface area contributed by atoms with Crippen LogP contribution < -0.4 is 10.2 Å². The summed E-state index contributed by atoms with van der Waals surface area (Å²) in [4.78, 5) is 13.9. The maximum atomic E-state index is 11.7. The van der Waals surface area contributed by atoms with Gasteiger partial charge in [0, 0.05) is 25.3 Å². The van der Waals surface area contributed by atoms with E-state index in [4.69, 9.17) is 0 Å². The third kappa shape index (κ3) is 4.26. The Kier molecular flexibility index (Phi) is 6.05. The lowest BCUT2D eigenvalue weighted by Gasteiger charge is -2.27. The number of rotatable bonds is 6. The minimum atomic E-state index is 0.0132. The van der Waals surface area contributed by atoms with Crippen LogP contribution in [0.4, 0.5) is 5.69 Å². The second-order valence-corrected chi connectivity index (χ2v) is 5.60. The number of carbonyl (C=O) groups excluding carboxylic acids is 1. The standard InChI is InChI=1S/C14H22N2OS/c1-11(10-15-14(17)12(2)18-4)16(3)13-8-6-5-7-9-13/h5-9,11-12H,10H2,1-4H3,(H,15,17)/t11-,12+/m1/s1. The molecule has 0 aliphatic rings. The lowest BCUT2D eigenvalue weighted by atomic mass is 10.2. The highest BCUT2D eigenvalue weighted by Gasteiger charge is 2.14. The average molecular weight is 266 g/mol. The van der Waals surface area contributed by atoms with Crippen LogP contribution in [0, 0.1) is 0 Å². The summed E-state index contributed by atoms with van der Waals surface area (Å²) in [6, 6.07) is 10.5. The number of anilines is 1. The van der Waals surface area contributed by atoms with Gasteiger partial charge in [-0.25, -0.2) is 0 Å². The van der Waals surface area contributed by atoms with Gasteiger partial charge in [-0.05, 0) is 32.2 Å². The molecule has 18 heavy (non-hydrogen) atoms. The number of thioether (sulfide) groups is 1. The first-order valence-corrected chi connectivity index (χ1v) is 7.43. The summed E-state index contributed by atoms with van der Waals surface area (Å²) in [6.07, 6.45) is 1.95. The number of amides is 1. The first kappa shape index (κ1) is 14.9. The maximum Gasteiger partial charge on any atom is 0.232 e. The average Bonchev–Trinajstić information content (AvgIpc) is 2.43. The van der Waals surface area contributed by atoms with Crippen molar-refractivity contribution in [1.82, 2.24) is 5.32 Å². The number of nitrogens with zero attached hydrogens (tertiary/aromatic N) is 1. The maximum absolute atomic E-state index is 11.7. The summed E-state index contributed by atoms with van der Waals surface area (Å²) >= 11 is 1.56. The Morgan fingerprint density at radius 3 is 2.50 bits per heavy atom. The zero-order valence-corrected chi connectivity index (χ0v) is 12.3. The van der Waals surface area contributed by atoms with Crippen LogP contribution in [0.25, 0.3) is 0 Å². The summed E-state index contributed by atoms with van der Waals surface area (Å²) in [5.41, 5.74) is 1.16. The largest absolute Gasteiger partial charge is 0.370 e. The summed E-state index contributed by atoms with van der Waals surface area (Å²) in [5, 5.41) is 3.00. The Labute approximate surface area is 114 Å². The van der Waals surface area contributed by atoms with Crippen LogP contribution in [0.1, 0.15) is 13.8 Å². The van der Waals surface area contributed by atoms with Crippen molar-refractivity contribution in [3.05, 3.63) is 30.3 Å². The van der Waals surface area contributed by atoms with Crippen LogP contribution in [-0.4, -0.2) is 37.0 Å². The number of hydrogen-bond donors (Lipinski definition) is 1. The predicted octanol–water partition coefficient (Wildman–Crippen LogP) is 2.38. The summed E-state index contributed by atoms with van der Waals surface area (Å²) in [5.74, 6) is 0.107. The van der Waals surface area contributed by atoms with Gasteiger partial charge in [0.05, 0.1) is 5.25 Å². The van der Waals surface area contributed by atoms with Gasteiger partial charge in [0.2, 0.25) is 5.91 Å². The van der Waals surface area contributed by atoms with Gasteiger partial charge in [0.25, 0.3) is 0 Å². The first-order valence-electron chi connectivity index (χ1n) is 6.14. The molecule has 0 heterocycles. The number of hydrogen-bond acceptors (Lipinski definition) is 3. The summed E-state index contributed by atoms with van der Waals surface area (Å²) in [6.45, 7) is 4.69. The second-order valence-electron chi connectivity index (χ2n) is 4.42. The van der Waals surface area contributed by atoms with Gasteiger partial charge in [0.1, 0.15) is 0 Å². The van der Waals surface area contributed by atoms with Crippen molar-refractivity contribution in [2.24, 2.45) is 0 Å². The van der Waals surface area contributed by atoms with E-state index in [0.29, 0.717) is 6.54 Å². The Hall–Kier alpha value is -1.16. The highest BCUT2D eigenvalue weighted by Crippen LogP contribution is 2.13. The Balaban J connectivity index is 2.46. The number of benzene rings is 1. The highest BCUT2D eigenvalue weighted by molar-refractivity contribution is 7.99. The molecule has 4 heteroatoms. The second kappa shape index (κ2) is 7.31. The van der Waals surface area contributed by atoms with E-state index in [-0.39, 0.29) is 17.2 Å². The fourth-order valence-electron chi connectivity index (χ4n) is 1.55. The fourth-order valence-corrected chi connectivity index (χ4v) is 1.85. The number of para-hydroxylation sites is 1. The Morgan fingerprint density at radius 2 is 1.94 bits per heavy atom. The van der Waals surface area contributed by atoms with Crippen LogP contribution in [0.15, 0.2) is 30.3 Å². The molecule has 0 aromatic heterocycles. The van der Waals surface area contributed by atoms with Gasteiger partial charge in [0.15, 0.2) is 0 Å². The van der Waals surface area contributed by atoms with Crippen LogP contribution >= 0.6 is 11.8 Å². The third-order valence-electron chi connectivity index (χ3n) is 3.12. The van der Waals surface area contributed by atoms with E-state index in [0.717, 1.165) is 5.69 Å². The molecule has 1 rings (SSSR count). The SMILES string of the molecule is CS[C@@H](C)C(=O)NC[C@@H](C)N(C)c1ccccc1. The van der Waals surface area contributed by atoms with E-state index >= 15 is 0 Å². The summed E-state index contributed by atoms with van der Waals surface area (Å²) < 4.78 is 0. The molecule has 0 aliphatic heterocycles. The molecular weight excluding hydrogens is 244 g/mol. The van der Waals surface area contributed by atoms with E-state index in [1.54, 1.807) is 11.8 Å². The van der Waals surface area contributed by atoms with Gasteiger partial charge < -0.3 is 10.2 Å². The van der Waals surface area contributed by atoms with Gasteiger partial charge >= 0.3 is 0 Å². The minimum Gasteiger partial charge on any atom is -0.370 e. The van der Waals surface area contributed by atoms with Crippen molar-refractivity contribution in [3.63, 3.8) is 0 Å². The lowest BCUT2D eigenvalue weighted by molar-refractivity contribution is -0.120. The van der Waals surface area contributed by atoms with Crippen molar-refractivity contribution < 1.29 is 4.79 Å². The van der Waals surface area contributed by atoms with Crippen molar-refractivity contribution in [3.8, 4) is 0 Å². The molecule has 1 aromatic rings. The molecular formula is C14H22N2OS. The monoisotopic (exact) mass is 266 g/mol. The molecule has 3 nitrogen and oxygen atoms in total. The van der Waals surface area contributed by atoms with Gasteiger partial charge in [-0.1, -0.05) is 18.2 Å². The third-order valence-corrected chi connectivity index (χ3v) is 4.04. The molecule has 0 saturated carbocycles. The van der Waals surface area contributed by atoms with E-state index < -0.39 is 0 Å². The van der Waals surface area contributed by atoms with E-state index in [1.807, 2.05) is 38.4 Å². The molecule has 2 atom stereocenters. The van der Waals surface area contributed by atoms with Gasteiger partial charge in [-0.15, -0.1) is 0 Å². The quantitative estimate of drug-likeness (QED) is 0.858. The smallest absolute Gasteiger partial charge is 0.232 e. The molecule has 0 saturated heterocycles. The van der Waals surface area contributed by atoms with Crippen molar-refractivity contribution in [2.45, 2.75) is 25.1 Å². The van der Waals surface area contributed by atoms with Crippen molar-refractivity contribution in [2.75, 3.05) is 24.7 Å². The van der Waals surface area contributed by atoms with Crippen molar-refractivity contribution >= 4 is 23.4 Å². The van der Waals surface area contributed by atoms with E-state index in [2.05, 4.69) is 29.3 Å². The number of nitrogens with one attached hydrogen (secondary N) is 1. The topological polar surface area (TPSA) is 32.3 Å². The minimum absolute atomic E-state index is 0.0132. The van der Waals surface area contributed by atoms with Crippen LogP contribution in [0.3, 0.4) is 0 Å². The molecule has 0 aliphatic carbocycles. The molecule has 1 amide bonds. The van der Waals surface area contributed by atoms with E-state index in [1.165, 1.54) is 0 Å². The molecule has 0 radical (unpaired) electrons. The van der Waals surface area contributed by atoms with Crippen LogP contribution in [0.5, 0.6) is 0 Å². The van der Waals surface area contributed by atoms with Gasteiger partial charge in [-0.3, -0.25) is 4.79 Å². The van der Waals surface area contributed by atoms with Crippen LogP contribution in [-0.2, 0) is 4.79 Å². The molecule has 0 unspecified atom stereocenters. The lowest BCUT2D eigenvalue weighted by Crippen LogP contribution is -2.42. The van der Waals surface area contributed by atoms with Crippen LogP contribution in [0.2, 0.25) is 0 Å². The number of carbonyl (C=O) groups is 1. The highest BCUT2D eigenvalue weighted by atomic mass is 32.2. The zero-order chi connectivity index (χ0) is 13.5. The summed E-state index contributed by atoms with van der Waals surface area (Å²) in [7, 11) is 2.05. The molecule has 0 bridgehead atoms. The fraction of sp³-hybridized carbons (Fsp3) is 0.500. The molecule has 100 valence electrons.